The second-order valence-electron chi connectivity index (χ2n) is 5.51. The first-order valence-corrected chi connectivity index (χ1v) is 7.75. The van der Waals surface area contributed by atoms with Gasteiger partial charge in [-0.2, -0.15) is 0 Å². The number of aromatic nitrogens is 1. The van der Waals surface area contributed by atoms with Gasteiger partial charge in [-0.1, -0.05) is 38.1 Å². The molecule has 1 heterocycles. The van der Waals surface area contributed by atoms with E-state index >= 15 is 0 Å². The van der Waals surface area contributed by atoms with Gasteiger partial charge in [0.25, 0.3) is 0 Å². The Morgan fingerprint density at radius 3 is 2.63 bits per heavy atom. The van der Waals surface area contributed by atoms with Gasteiger partial charge in [0.2, 0.25) is 0 Å². The summed E-state index contributed by atoms with van der Waals surface area (Å²) in [6.07, 6.45) is 2.63. The smallest absolute Gasteiger partial charge is 0.123 e. The SMILES string of the molecule is CC(C)c1ccc(-c2nc3c(s2)C(O)CCC3)cc1. The van der Waals surface area contributed by atoms with Gasteiger partial charge in [-0.3, -0.25) is 0 Å². The summed E-state index contributed by atoms with van der Waals surface area (Å²) in [5.41, 5.74) is 3.62. The lowest BCUT2D eigenvalue weighted by molar-refractivity contribution is 0.160. The summed E-state index contributed by atoms with van der Waals surface area (Å²) in [5.74, 6) is 0.556. The lowest BCUT2D eigenvalue weighted by atomic mass is 10.0. The van der Waals surface area contributed by atoms with Gasteiger partial charge in [0.1, 0.15) is 5.01 Å². The first-order chi connectivity index (χ1) is 9.15. The van der Waals surface area contributed by atoms with Crippen molar-refractivity contribution in [1.82, 2.24) is 4.98 Å². The van der Waals surface area contributed by atoms with Crippen LogP contribution in [0.4, 0.5) is 0 Å². The first-order valence-electron chi connectivity index (χ1n) is 6.93. The number of aliphatic hydroxyl groups is 1. The molecule has 0 amide bonds. The van der Waals surface area contributed by atoms with Crippen LogP contribution >= 0.6 is 11.3 Å². The standard InChI is InChI=1S/C16H19NOS/c1-10(2)11-6-8-12(9-7-11)16-17-13-4-3-5-14(18)15(13)19-16/h6-10,14,18H,3-5H2,1-2H3. The Bertz CT molecular complexity index is 571. The molecule has 0 aliphatic heterocycles. The Morgan fingerprint density at radius 1 is 1.26 bits per heavy atom. The maximum Gasteiger partial charge on any atom is 0.123 e. The number of thiazole rings is 1. The molecule has 3 heteroatoms. The van der Waals surface area contributed by atoms with Gasteiger partial charge in [-0.25, -0.2) is 4.98 Å². The Morgan fingerprint density at radius 2 is 2.00 bits per heavy atom. The first kappa shape index (κ1) is 12.8. The lowest BCUT2D eigenvalue weighted by Crippen LogP contribution is -2.06. The summed E-state index contributed by atoms with van der Waals surface area (Å²) in [5, 5.41) is 11.1. The van der Waals surface area contributed by atoms with E-state index in [-0.39, 0.29) is 6.10 Å². The molecule has 0 saturated heterocycles. The predicted molar refractivity (Wildman–Crippen MR) is 79.5 cm³/mol. The summed E-state index contributed by atoms with van der Waals surface area (Å²) < 4.78 is 0. The van der Waals surface area contributed by atoms with Gasteiger partial charge < -0.3 is 5.11 Å². The summed E-state index contributed by atoms with van der Waals surface area (Å²) in [6, 6.07) is 8.64. The fraction of sp³-hybridized carbons (Fsp3) is 0.438. The number of aliphatic hydroxyl groups excluding tert-OH is 1. The maximum atomic E-state index is 10.0. The fourth-order valence-corrected chi connectivity index (χ4v) is 3.67. The van der Waals surface area contributed by atoms with Crippen LogP contribution < -0.4 is 0 Å². The number of aryl methyl sites for hydroxylation is 1. The van der Waals surface area contributed by atoms with Crippen LogP contribution in [-0.4, -0.2) is 10.1 Å². The van der Waals surface area contributed by atoms with E-state index in [1.165, 1.54) is 5.56 Å². The second kappa shape index (κ2) is 5.06. The molecule has 1 unspecified atom stereocenters. The van der Waals surface area contributed by atoms with E-state index in [1.807, 2.05) is 0 Å². The van der Waals surface area contributed by atoms with Crippen molar-refractivity contribution < 1.29 is 5.11 Å². The molecule has 1 aliphatic carbocycles. The zero-order valence-corrected chi connectivity index (χ0v) is 12.2. The Balaban J connectivity index is 1.94. The maximum absolute atomic E-state index is 10.0. The Kier molecular flexibility index (Phi) is 3.42. The third-order valence-corrected chi connectivity index (χ3v) is 4.99. The van der Waals surface area contributed by atoms with Crippen molar-refractivity contribution in [3.05, 3.63) is 40.4 Å². The molecular formula is C16H19NOS. The van der Waals surface area contributed by atoms with Crippen LogP contribution in [0.2, 0.25) is 0 Å². The van der Waals surface area contributed by atoms with E-state index in [1.54, 1.807) is 11.3 Å². The summed E-state index contributed by atoms with van der Waals surface area (Å²) in [6.45, 7) is 4.40. The minimum absolute atomic E-state index is 0.301. The van der Waals surface area contributed by atoms with Gasteiger partial charge in [-0.15, -0.1) is 11.3 Å². The minimum atomic E-state index is -0.301. The molecule has 1 atom stereocenters. The highest BCUT2D eigenvalue weighted by Gasteiger charge is 2.23. The minimum Gasteiger partial charge on any atom is -0.388 e. The number of nitrogens with zero attached hydrogens (tertiary/aromatic N) is 1. The molecule has 1 aliphatic rings. The quantitative estimate of drug-likeness (QED) is 0.884. The molecule has 0 saturated carbocycles. The van der Waals surface area contributed by atoms with Crippen LogP contribution in [0, 0.1) is 0 Å². The lowest BCUT2D eigenvalue weighted by Gasteiger charge is -2.14. The normalized spacial score (nSPS) is 18.6. The van der Waals surface area contributed by atoms with Crippen molar-refractivity contribution >= 4 is 11.3 Å². The number of benzene rings is 1. The monoisotopic (exact) mass is 273 g/mol. The van der Waals surface area contributed by atoms with Crippen LogP contribution in [-0.2, 0) is 6.42 Å². The largest absolute Gasteiger partial charge is 0.388 e. The second-order valence-corrected chi connectivity index (χ2v) is 6.55. The highest BCUT2D eigenvalue weighted by molar-refractivity contribution is 7.15. The van der Waals surface area contributed by atoms with Crippen molar-refractivity contribution in [1.29, 1.82) is 0 Å². The summed E-state index contributed by atoms with van der Waals surface area (Å²) >= 11 is 1.65. The molecule has 0 spiro atoms. The van der Waals surface area contributed by atoms with Gasteiger partial charge in [-0.05, 0) is 30.7 Å². The topological polar surface area (TPSA) is 33.1 Å². The van der Waals surface area contributed by atoms with Crippen molar-refractivity contribution in [2.24, 2.45) is 0 Å². The molecule has 2 nitrogen and oxygen atoms in total. The van der Waals surface area contributed by atoms with Crippen molar-refractivity contribution in [3.8, 4) is 10.6 Å². The molecule has 0 bridgehead atoms. The van der Waals surface area contributed by atoms with E-state index in [0.717, 1.165) is 40.4 Å². The fourth-order valence-electron chi connectivity index (χ4n) is 2.53. The molecule has 1 aromatic carbocycles. The van der Waals surface area contributed by atoms with Crippen LogP contribution in [0.3, 0.4) is 0 Å². The van der Waals surface area contributed by atoms with Gasteiger partial charge in [0.15, 0.2) is 0 Å². The van der Waals surface area contributed by atoms with E-state index in [0.29, 0.717) is 5.92 Å². The molecule has 0 radical (unpaired) electrons. The van der Waals surface area contributed by atoms with Gasteiger partial charge >= 0.3 is 0 Å². The molecule has 3 rings (SSSR count). The summed E-state index contributed by atoms with van der Waals surface area (Å²) in [4.78, 5) is 5.78. The molecule has 19 heavy (non-hydrogen) atoms. The van der Waals surface area contributed by atoms with E-state index in [9.17, 15) is 5.11 Å². The van der Waals surface area contributed by atoms with E-state index in [4.69, 9.17) is 4.98 Å². The van der Waals surface area contributed by atoms with Crippen LogP contribution in [0.1, 0.15) is 54.8 Å². The third-order valence-electron chi connectivity index (χ3n) is 3.75. The summed E-state index contributed by atoms with van der Waals surface area (Å²) in [7, 11) is 0. The van der Waals surface area contributed by atoms with E-state index in [2.05, 4.69) is 38.1 Å². The Hall–Kier alpha value is -1.19. The zero-order chi connectivity index (χ0) is 13.4. The predicted octanol–water partition coefficient (Wildman–Crippen LogP) is 4.30. The number of hydrogen-bond acceptors (Lipinski definition) is 3. The molecule has 0 fully saturated rings. The molecule has 2 aromatic rings. The van der Waals surface area contributed by atoms with Gasteiger partial charge in [0.05, 0.1) is 16.7 Å². The average molecular weight is 273 g/mol. The van der Waals surface area contributed by atoms with Crippen LogP contribution in [0.5, 0.6) is 0 Å². The zero-order valence-electron chi connectivity index (χ0n) is 11.4. The molecule has 100 valence electrons. The highest BCUT2D eigenvalue weighted by Crippen LogP contribution is 2.37. The number of rotatable bonds is 2. The molecular weight excluding hydrogens is 254 g/mol. The number of fused-ring (bicyclic) bond motifs is 1. The van der Waals surface area contributed by atoms with Gasteiger partial charge in [0, 0.05) is 5.56 Å². The highest BCUT2D eigenvalue weighted by atomic mass is 32.1. The van der Waals surface area contributed by atoms with Crippen molar-refractivity contribution in [3.63, 3.8) is 0 Å². The van der Waals surface area contributed by atoms with Crippen molar-refractivity contribution in [2.45, 2.75) is 45.1 Å². The molecule has 1 aromatic heterocycles. The number of hydrogen-bond donors (Lipinski definition) is 1. The molecule has 1 N–H and O–H groups in total. The van der Waals surface area contributed by atoms with E-state index < -0.39 is 0 Å². The average Bonchev–Trinajstić information content (AvgIpc) is 2.84. The third kappa shape index (κ3) is 2.45. The van der Waals surface area contributed by atoms with Crippen LogP contribution in [0.15, 0.2) is 24.3 Å². The van der Waals surface area contributed by atoms with Crippen molar-refractivity contribution in [2.75, 3.05) is 0 Å². The Labute approximate surface area is 118 Å². The van der Waals surface area contributed by atoms with Crippen LogP contribution in [0.25, 0.3) is 10.6 Å².